The lowest BCUT2D eigenvalue weighted by Crippen LogP contribution is -2.37. The third-order valence-electron chi connectivity index (χ3n) is 4.42. The summed E-state index contributed by atoms with van der Waals surface area (Å²) in [5.41, 5.74) is 7.27. The van der Waals surface area contributed by atoms with Gasteiger partial charge >= 0.3 is 0 Å². The van der Waals surface area contributed by atoms with Gasteiger partial charge in [0.15, 0.2) is 0 Å². The summed E-state index contributed by atoms with van der Waals surface area (Å²) >= 11 is 0. The molecule has 25 heavy (non-hydrogen) atoms. The van der Waals surface area contributed by atoms with Crippen molar-refractivity contribution in [3.05, 3.63) is 59.7 Å². The van der Waals surface area contributed by atoms with Crippen LogP contribution in [-0.4, -0.2) is 33.5 Å². The fourth-order valence-corrected chi connectivity index (χ4v) is 4.34. The lowest BCUT2D eigenvalue weighted by atomic mass is 10.1. The van der Waals surface area contributed by atoms with E-state index >= 15 is 0 Å². The summed E-state index contributed by atoms with van der Waals surface area (Å²) in [4.78, 5) is 13.7. The normalized spacial score (nSPS) is 17.6. The van der Waals surface area contributed by atoms with E-state index in [2.05, 4.69) is 9.62 Å². The molecule has 1 aliphatic heterocycles. The molecule has 1 fully saturated rings. The zero-order chi connectivity index (χ0) is 18.0. The Morgan fingerprint density at radius 3 is 2.60 bits per heavy atom. The van der Waals surface area contributed by atoms with Crippen LogP contribution in [0.3, 0.4) is 0 Å². The topological polar surface area (TPSA) is 92.5 Å². The van der Waals surface area contributed by atoms with Crippen molar-refractivity contribution in [3.63, 3.8) is 0 Å². The molecule has 7 heteroatoms. The molecule has 132 valence electrons. The van der Waals surface area contributed by atoms with Crippen LogP contribution in [0, 0.1) is 6.92 Å². The zero-order valence-corrected chi connectivity index (χ0v) is 14.8. The van der Waals surface area contributed by atoms with Crippen LogP contribution in [0.15, 0.2) is 53.4 Å². The molecule has 2 aromatic rings. The van der Waals surface area contributed by atoms with Gasteiger partial charge in [-0.2, -0.15) is 0 Å². The van der Waals surface area contributed by atoms with Gasteiger partial charge in [-0.25, -0.2) is 13.1 Å². The molecule has 2 aromatic carbocycles. The molecular formula is C18H21N3O3S. The lowest BCUT2D eigenvalue weighted by Gasteiger charge is -2.19. The lowest BCUT2D eigenvalue weighted by molar-refractivity contribution is 0.0999. The Morgan fingerprint density at radius 1 is 1.20 bits per heavy atom. The number of nitrogens with one attached hydrogen (secondary N) is 1. The summed E-state index contributed by atoms with van der Waals surface area (Å²) in [6.07, 6.45) is 0.725. The number of para-hydroxylation sites is 1. The van der Waals surface area contributed by atoms with Crippen molar-refractivity contribution in [1.29, 1.82) is 0 Å². The summed E-state index contributed by atoms with van der Waals surface area (Å²) in [5.74, 6) is -0.634. The Balaban J connectivity index is 1.74. The first-order valence-corrected chi connectivity index (χ1v) is 9.58. The SMILES string of the molecule is Cc1ccc(S(=O)(=O)NC2CCN(c3ccccc3)C2)cc1C(N)=O. The van der Waals surface area contributed by atoms with Gasteiger partial charge in [0.05, 0.1) is 4.90 Å². The van der Waals surface area contributed by atoms with E-state index in [1.54, 1.807) is 13.0 Å². The van der Waals surface area contributed by atoms with Crippen molar-refractivity contribution >= 4 is 21.6 Å². The molecule has 6 nitrogen and oxygen atoms in total. The van der Waals surface area contributed by atoms with Gasteiger partial charge in [-0.1, -0.05) is 24.3 Å². The predicted molar refractivity (Wildman–Crippen MR) is 97.1 cm³/mol. The highest BCUT2D eigenvalue weighted by Crippen LogP contribution is 2.22. The molecule has 0 radical (unpaired) electrons. The van der Waals surface area contributed by atoms with E-state index in [-0.39, 0.29) is 16.5 Å². The van der Waals surface area contributed by atoms with Crippen LogP contribution in [-0.2, 0) is 10.0 Å². The first-order chi connectivity index (χ1) is 11.9. The third-order valence-corrected chi connectivity index (χ3v) is 5.93. The first-order valence-electron chi connectivity index (χ1n) is 8.09. The summed E-state index contributed by atoms with van der Waals surface area (Å²) in [6.45, 7) is 3.12. The van der Waals surface area contributed by atoms with Crippen molar-refractivity contribution in [2.24, 2.45) is 5.73 Å². The summed E-state index contributed by atoms with van der Waals surface area (Å²) in [5, 5.41) is 0. The van der Waals surface area contributed by atoms with Crippen LogP contribution in [0.4, 0.5) is 5.69 Å². The number of sulfonamides is 1. The van der Waals surface area contributed by atoms with E-state index in [1.807, 2.05) is 30.3 Å². The molecule has 1 unspecified atom stereocenters. The minimum absolute atomic E-state index is 0.0602. The van der Waals surface area contributed by atoms with E-state index in [4.69, 9.17) is 5.73 Å². The monoisotopic (exact) mass is 359 g/mol. The fraction of sp³-hybridized carbons (Fsp3) is 0.278. The molecule has 1 atom stereocenters. The molecule has 3 N–H and O–H groups in total. The van der Waals surface area contributed by atoms with Gasteiger partial charge in [-0.15, -0.1) is 0 Å². The summed E-state index contributed by atoms with van der Waals surface area (Å²) in [6, 6.07) is 14.1. The maximum absolute atomic E-state index is 12.6. The number of amides is 1. The van der Waals surface area contributed by atoms with Crippen molar-refractivity contribution in [3.8, 4) is 0 Å². The smallest absolute Gasteiger partial charge is 0.249 e. The van der Waals surface area contributed by atoms with E-state index in [9.17, 15) is 13.2 Å². The fourth-order valence-electron chi connectivity index (χ4n) is 3.05. The van der Waals surface area contributed by atoms with E-state index in [1.165, 1.54) is 12.1 Å². The highest BCUT2D eigenvalue weighted by Gasteiger charge is 2.27. The Hall–Kier alpha value is -2.38. The largest absolute Gasteiger partial charge is 0.370 e. The Kier molecular flexibility index (Phi) is 4.78. The van der Waals surface area contributed by atoms with E-state index in [0.29, 0.717) is 12.1 Å². The van der Waals surface area contributed by atoms with Gasteiger partial charge in [-0.05, 0) is 43.2 Å². The number of nitrogens with two attached hydrogens (primary N) is 1. The van der Waals surface area contributed by atoms with Crippen LogP contribution >= 0.6 is 0 Å². The molecule has 0 bridgehead atoms. The minimum atomic E-state index is -3.71. The van der Waals surface area contributed by atoms with Crippen molar-refractivity contribution in [1.82, 2.24) is 4.72 Å². The number of rotatable bonds is 5. The average Bonchev–Trinajstić information content (AvgIpc) is 3.03. The number of carbonyl (C=O) groups excluding carboxylic acids is 1. The summed E-state index contributed by atoms with van der Waals surface area (Å²) in [7, 11) is -3.71. The van der Waals surface area contributed by atoms with Crippen LogP contribution in [0.5, 0.6) is 0 Å². The Labute approximate surface area is 147 Å². The molecule has 0 saturated carbocycles. The highest BCUT2D eigenvalue weighted by molar-refractivity contribution is 7.89. The number of anilines is 1. The number of hydrogen-bond donors (Lipinski definition) is 2. The molecular weight excluding hydrogens is 338 g/mol. The van der Waals surface area contributed by atoms with Gasteiger partial charge in [0.25, 0.3) is 0 Å². The average molecular weight is 359 g/mol. The van der Waals surface area contributed by atoms with Crippen molar-refractivity contribution in [2.45, 2.75) is 24.3 Å². The maximum atomic E-state index is 12.6. The molecule has 0 spiro atoms. The number of primary amides is 1. The van der Waals surface area contributed by atoms with Gasteiger partial charge in [-0.3, -0.25) is 4.79 Å². The number of carbonyl (C=O) groups is 1. The molecule has 1 aliphatic rings. The first kappa shape index (κ1) is 17.4. The van der Waals surface area contributed by atoms with Crippen LogP contribution in [0.2, 0.25) is 0 Å². The second kappa shape index (κ2) is 6.85. The van der Waals surface area contributed by atoms with Gasteiger partial charge in [0, 0.05) is 30.4 Å². The standard InChI is InChI=1S/C18H21N3O3S/c1-13-7-8-16(11-17(13)18(19)22)25(23,24)20-14-9-10-21(12-14)15-5-3-2-4-6-15/h2-8,11,14,20H,9-10,12H2,1H3,(H2,19,22). The van der Waals surface area contributed by atoms with Crippen LogP contribution < -0.4 is 15.4 Å². The van der Waals surface area contributed by atoms with Gasteiger partial charge in [0.1, 0.15) is 0 Å². The molecule has 1 saturated heterocycles. The Morgan fingerprint density at radius 2 is 1.92 bits per heavy atom. The molecule has 1 amide bonds. The summed E-state index contributed by atoms with van der Waals surface area (Å²) < 4.78 is 28.0. The molecule has 1 heterocycles. The van der Waals surface area contributed by atoms with Crippen molar-refractivity contribution in [2.75, 3.05) is 18.0 Å². The number of benzene rings is 2. The Bertz CT molecular complexity index is 882. The number of nitrogens with zero attached hydrogens (tertiary/aromatic N) is 1. The van der Waals surface area contributed by atoms with E-state index in [0.717, 1.165) is 18.7 Å². The number of aryl methyl sites for hydroxylation is 1. The second-order valence-corrected chi connectivity index (χ2v) is 7.94. The van der Waals surface area contributed by atoms with Crippen LogP contribution in [0.25, 0.3) is 0 Å². The predicted octanol–water partition coefficient (Wildman–Crippen LogP) is 1.65. The number of hydrogen-bond acceptors (Lipinski definition) is 4. The van der Waals surface area contributed by atoms with Crippen LogP contribution in [0.1, 0.15) is 22.3 Å². The quantitative estimate of drug-likeness (QED) is 0.849. The molecule has 3 rings (SSSR count). The maximum Gasteiger partial charge on any atom is 0.249 e. The molecule has 0 aromatic heterocycles. The van der Waals surface area contributed by atoms with Gasteiger partial charge < -0.3 is 10.6 Å². The third kappa shape index (κ3) is 3.83. The minimum Gasteiger partial charge on any atom is -0.370 e. The molecule has 0 aliphatic carbocycles. The van der Waals surface area contributed by atoms with Crippen molar-refractivity contribution < 1.29 is 13.2 Å². The van der Waals surface area contributed by atoms with E-state index < -0.39 is 15.9 Å². The van der Waals surface area contributed by atoms with Gasteiger partial charge in [0.2, 0.25) is 15.9 Å². The zero-order valence-electron chi connectivity index (χ0n) is 14.0. The highest BCUT2D eigenvalue weighted by atomic mass is 32.2. The second-order valence-electron chi connectivity index (χ2n) is 6.23.